The number of aromatic nitrogens is 1. The average Bonchev–Trinajstić information content (AvgIpc) is 2.77. The van der Waals surface area contributed by atoms with Crippen molar-refractivity contribution in [2.75, 3.05) is 0 Å². The summed E-state index contributed by atoms with van der Waals surface area (Å²) in [5, 5.41) is 10.1. The van der Waals surface area contributed by atoms with Gasteiger partial charge in [-0.1, -0.05) is 34.1 Å². The summed E-state index contributed by atoms with van der Waals surface area (Å²) in [6.45, 7) is 0. The number of fused-ring (bicyclic) bond motifs is 1. The van der Waals surface area contributed by atoms with Gasteiger partial charge in [-0.25, -0.2) is 4.39 Å². The Labute approximate surface area is 117 Å². The molecule has 3 aromatic rings. The quantitative estimate of drug-likeness (QED) is 0.700. The van der Waals surface area contributed by atoms with E-state index in [1.807, 2.05) is 18.2 Å². The van der Waals surface area contributed by atoms with Crippen LogP contribution in [-0.2, 0) is 0 Å². The van der Waals surface area contributed by atoms with Gasteiger partial charge in [0.25, 0.3) is 0 Å². The number of benzene rings is 2. The fourth-order valence-electron chi connectivity index (χ4n) is 2.19. The van der Waals surface area contributed by atoms with Crippen LogP contribution in [0.25, 0.3) is 22.0 Å². The molecule has 4 heteroatoms. The van der Waals surface area contributed by atoms with Gasteiger partial charge in [-0.15, -0.1) is 0 Å². The third-order valence-corrected chi connectivity index (χ3v) is 3.51. The summed E-state index contributed by atoms with van der Waals surface area (Å²) in [5.74, 6) is -0.333. The normalized spacial score (nSPS) is 10.6. The lowest BCUT2D eigenvalue weighted by Crippen LogP contribution is -1.85. The lowest BCUT2D eigenvalue weighted by atomic mass is 10.0. The maximum absolute atomic E-state index is 14.0. The minimum atomic E-state index is -0.333. The Hall–Kier alpha value is -2.12. The van der Waals surface area contributed by atoms with Crippen molar-refractivity contribution in [3.8, 4) is 17.2 Å². The van der Waals surface area contributed by atoms with Crippen molar-refractivity contribution in [2.45, 2.75) is 0 Å². The van der Waals surface area contributed by atoms with Crippen LogP contribution in [0.4, 0.5) is 4.39 Å². The summed E-state index contributed by atoms with van der Waals surface area (Å²) in [5.41, 5.74) is 2.23. The Kier molecular flexibility index (Phi) is 2.84. The van der Waals surface area contributed by atoms with Gasteiger partial charge in [-0.2, -0.15) is 5.26 Å². The third kappa shape index (κ3) is 1.92. The smallest absolute Gasteiger partial charge is 0.131 e. The molecule has 1 N–H and O–H groups in total. The highest BCUT2D eigenvalue weighted by atomic mass is 79.9. The van der Waals surface area contributed by atoms with Crippen LogP contribution in [-0.4, -0.2) is 4.98 Å². The molecule has 3 rings (SSSR count). The number of rotatable bonds is 1. The van der Waals surface area contributed by atoms with E-state index in [2.05, 4.69) is 27.0 Å². The van der Waals surface area contributed by atoms with Crippen LogP contribution in [0.3, 0.4) is 0 Å². The molecule has 0 radical (unpaired) electrons. The van der Waals surface area contributed by atoms with Crippen molar-refractivity contribution >= 4 is 26.8 Å². The molecular weight excluding hydrogens is 307 g/mol. The molecule has 0 fully saturated rings. The summed E-state index contributed by atoms with van der Waals surface area (Å²) in [4.78, 5) is 3.02. The SMILES string of the molecule is N#Cc1[nH]c2ccc(Br)cc2c1-c1ccccc1F. The minimum Gasteiger partial charge on any atom is -0.346 e. The number of aromatic amines is 1. The first-order valence-electron chi connectivity index (χ1n) is 5.67. The fraction of sp³-hybridized carbons (Fsp3) is 0. The molecule has 0 bridgehead atoms. The topological polar surface area (TPSA) is 39.6 Å². The molecule has 0 aliphatic heterocycles. The molecule has 0 atom stereocenters. The minimum absolute atomic E-state index is 0.333. The van der Waals surface area contributed by atoms with Gasteiger partial charge in [-0.05, 0) is 24.3 Å². The first-order chi connectivity index (χ1) is 9.20. The second kappa shape index (κ2) is 4.52. The van der Waals surface area contributed by atoms with Gasteiger partial charge in [0, 0.05) is 26.5 Å². The summed E-state index contributed by atoms with van der Waals surface area (Å²) in [7, 11) is 0. The molecule has 1 heterocycles. The lowest BCUT2D eigenvalue weighted by molar-refractivity contribution is 0.631. The maximum atomic E-state index is 14.0. The monoisotopic (exact) mass is 314 g/mol. The van der Waals surface area contributed by atoms with E-state index in [1.54, 1.807) is 18.2 Å². The Morgan fingerprint density at radius 2 is 1.95 bits per heavy atom. The van der Waals surface area contributed by atoms with Crippen molar-refractivity contribution in [3.63, 3.8) is 0 Å². The lowest BCUT2D eigenvalue weighted by Gasteiger charge is -2.02. The predicted molar refractivity (Wildman–Crippen MR) is 76.1 cm³/mol. The van der Waals surface area contributed by atoms with Gasteiger partial charge in [0.2, 0.25) is 0 Å². The zero-order valence-electron chi connectivity index (χ0n) is 9.74. The number of nitrogens with one attached hydrogen (secondary N) is 1. The summed E-state index contributed by atoms with van der Waals surface area (Å²) in [6.07, 6.45) is 0. The van der Waals surface area contributed by atoms with E-state index in [-0.39, 0.29) is 5.82 Å². The number of hydrogen-bond acceptors (Lipinski definition) is 1. The van der Waals surface area contributed by atoms with Crippen LogP contribution in [0.1, 0.15) is 5.69 Å². The molecule has 0 amide bonds. The van der Waals surface area contributed by atoms with Crippen LogP contribution in [0.5, 0.6) is 0 Å². The van der Waals surface area contributed by atoms with E-state index in [0.29, 0.717) is 16.8 Å². The molecular formula is C15H8BrFN2. The highest BCUT2D eigenvalue weighted by molar-refractivity contribution is 9.10. The highest BCUT2D eigenvalue weighted by Crippen LogP contribution is 2.34. The Balaban J connectivity index is 2.43. The van der Waals surface area contributed by atoms with Gasteiger partial charge >= 0.3 is 0 Å². The van der Waals surface area contributed by atoms with Gasteiger partial charge in [0.15, 0.2) is 0 Å². The summed E-state index contributed by atoms with van der Waals surface area (Å²) in [6, 6.07) is 14.2. The maximum Gasteiger partial charge on any atom is 0.131 e. The zero-order chi connectivity index (χ0) is 13.4. The van der Waals surface area contributed by atoms with Gasteiger partial charge in [-0.3, -0.25) is 0 Å². The van der Waals surface area contributed by atoms with Crippen molar-refractivity contribution < 1.29 is 4.39 Å². The Bertz CT molecular complexity index is 815. The first kappa shape index (κ1) is 11.9. The van der Waals surface area contributed by atoms with E-state index in [1.165, 1.54) is 6.07 Å². The van der Waals surface area contributed by atoms with E-state index >= 15 is 0 Å². The number of nitriles is 1. The molecule has 0 aliphatic rings. The molecule has 0 aliphatic carbocycles. The number of nitrogens with zero attached hydrogens (tertiary/aromatic N) is 1. The van der Waals surface area contributed by atoms with Crippen molar-refractivity contribution in [1.29, 1.82) is 5.26 Å². The van der Waals surface area contributed by atoms with Gasteiger partial charge in [0.1, 0.15) is 17.6 Å². The molecule has 0 unspecified atom stereocenters. The predicted octanol–water partition coefficient (Wildman–Crippen LogP) is 4.61. The van der Waals surface area contributed by atoms with E-state index < -0.39 is 0 Å². The number of H-pyrrole nitrogens is 1. The summed E-state index contributed by atoms with van der Waals surface area (Å²) < 4.78 is 14.9. The zero-order valence-corrected chi connectivity index (χ0v) is 11.3. The third-order valence-electron chi connectivity index (χ3n) is 3.02. The van der Waals surface area contributed by atoms with Gasteiger partial charge in [0.05, 0.1) is 0 Å². The van der Waals surface area contributed by atoms with Crippen molar-refractivity contribution in [3.05, 3.63) is 58.4 Å². The first-order valence-corrected chi connectivity index (χ1v) is 6.46. The largest absolute Gasteiger partial charge is 0.346 e. The van der Waals surface area contributed by atoms with Crippen LogP contribution in [0, 0.1) is 17.1 Å². The average molecular weight is 315 g/mol. The Morgan fingerprint density at radius 3 is 2.68 bits per heavy atom. The van der Waals surface area contributed by atoms with Crippen LogP contribution in [0.2, 0.25) is 0 Å². The highest BCUT2D eigenvalue weighted by Gasteiger charge is 2.16. The molecule has 2 nitrogen and oxygen atoms in total. The molecule has 0 saturated heterocycles. The second-order valence-corrected chi connectivity index (χ2v) is 5.07. The van der Waals surface area contributed by atoms with Crippen molar-refractivity contribution in [2.24, 2.45) is 0 Å². The molecule has 0 saturated carbocycles. The second-order valence-electron chi connectivity index (χ2n) is 4.16. The molecule has 2 aromatic carbocycles. The van der Waals surface area contributed by atoms with Crippen LogP contribution in [0.15, 0.2) is 46.9 Å². The number of halogens is 2. The van der Waals surface area contributed by atoms with E-state index in [0.717, 1.165) is 15.4 Å². The standard InChI is InChI=1S/C15H8BrFN2/c16-9-5-6-13-11(7-9)15(14(8-18)19-13)10-3-1-2-4-12(10)17/h1-7,19H. The van der Waals surface area contributed by atoms with Crippen LogP contribution >= 0.6 is 15.9 Å². The van der Waals surface area contributed by atoms with Gasteiger partial charge < -0.3 is 4.98 Å². The fourth-order valence-corrected chi connectivity index (χ4v) is 2.55. The number of hydrogen-bond donors (Lipinski definition) is 1. The van der Waals surface area contributed by atoms with Crippen molar-refractivity contribution in [1.82, 2.24) is 4.98 Å². The van der Waals surface area contributed by atoms with E-state index in [4.69, 9.17) is 0 Å². The summed E-state index contributed by atoms with van der Waals surface area (Å²) >= 11 is 3.40. The van der Waals surface area contributed by atoms with E-state index in [9.17, 15) is 9.65 Å². The molecule has 0 spiro atoms. The van der Waals surface area contributed by atoms with Crippen LogP contribution < -0.4 is 0 Å². The molecule has 19 heavy (non-hydrogen) atoms. The Morgan fingerprint density at radius 1 is 1.16 bits per heavy atom. The molecule has 92 valence electrons. The molecule has 1 aromatic heterocycles.